The highest BCUT2D eigenvalue weighted by molar-refractivity contribution is 7.99. The van der Waals surface area contributed by atoms with Crippen LogP contribution in [0.3, 0.4) is 0 Å². The van der Waals surface area contributed by atoms with E-state index in [4.69, 9.17) is 9.40 Å². The lowest BCUT2D eigenvalue weighted by atomic mass is 9.88. The van der Waals surface area contributed by atoms with E-state index >= 15 is 0 Å². The van der Waals surface area contributed by atoms with Crippen molar-refractivity contribution in [2.75, 3.05) is 6.54 Å². The SMILES string of the molecule is O=c1[nH]c(C2CCCCC2)nc2c1CN(Cc1ccc(Sc3nc4ccccc4[nH]3)o1)CC2. The summed E-state index contributed by atoms with van der Waals surface area (Å²) in [5.74, 6) is 2.21. The van der Waals surface area contributed by atoms with E-state index in [0.29, 0.717) is 19.0 Å². The first-order valence-corrected chi connectivity index (χ1v) is 12.6. The quantitative estimate of drug-likeness (QED) is 0.435. The van der Waals surface area contributed by atoms with Crippen LogP contribution in [0.2, 0.25) is 0 Å². The molecule has 1 saturated carbocycles. The third kappa shape index (κ3) is 4.37. The number of para-hydroxylation sites is 2. The first-order valence-electron chi connectivity index (χ1n) is 11.8. The van der Waals surface area contributed by atoms with Crippen molar-refractivity contribution in [2.24, 2.45) is 0 Å². The maximum atomic E-state index is 12.8. The van der Waals surface area contributed by atoms with E-state index in [1.54, 1.807) is 0 Å². The highest BCUT2D eigenvalue weighted by Crippen LogP contribution is 2.32. The Labute approximate surface area is 196 Å². The zero-order valence-electron chi connectivity index (χ0n) is 18.5. The van der Waals surface area contributed by atoms with Gasteiger partial charge in [0, 0.05) is 25.4 Å². The zero-order valence-corrected chi connectivity index (χ0v) is 19.3. The van der Waals surface area contributed by atoms with Crippen molar-refractivity contribution < 1.29 is 4.42 Å². The van der Waals surface area contributed by atoms with E-state index in [1.165, 1.54) is 31.0 Å². The molecule has 2 N–H and O–H groups in total. The van der Waals surface area contributed by atoms with Gasteiger partial charge in [-0.05, 0) is 48.9 Å². The summed E-state index contributed by atoms with van der Waals surface area (Å²) in [4.78, 5) is 31.0. The van der Waals surface area contributed by atoms with Gasteiger partial charge in [-0.1, -0.05) is 31.4 Å². The second-order valence-corrected chi connectivity index (χ2v) is 10.0. The van der Waals surface area contributed by atoms with Crippen LogP contribution in [0.4, 0.5) is 0 Å². The fourth-order valence-electron chi connectivity index (χ4n) is 5.00. The Morgan fingerprint density at radius 2 is 1.94 bits per heavy atom. The van der Waals surface area contributed by atoms with Crippen LogP contribution in [0.1, 0.15) is 60.9 Å². The summed E-state index contributed by atoms with van der Waals surface area (Å²) < 4.78 is 6.06. The largest absolute Gasteiger partial charge is 0.453 e. The number of furan rings is 1. The van der Waals surface area contributed by atoms with E-state index in [-0.39, 0.29) is 5.56 Å². The van der Waals surface area contributed by atoms with Crippen LogP contribution >= 0.6 is 11.8 Å². The molecule has 2 aliphatic rings. The van der Waals surface area contributed by atoms with Gasteiger partial charge in [0.1, 0.15) is 11.6 Å². The van der Waals surface area contributed by atoms with Gasteiger partial charge in [0.05, 0.1) is 28.8 Å². The number of hydrogen-bond acceptors (Lipinski definition) is 6. The maximum absolute atomic E-state index is 12.8. The van der Waals surface area contributed by atoms with Crippen molar-refractivity contribution >= 4 is 22.8 Å². The zero-order chi connectivity index (χ0) is 22.2. The highest BCUT2D eigenvalue weighted by atomic mass is 32.2. The van der Waals surface area contributed by atoms with Gasteiger partial charge in [0.2, 0.25) is 0 Å². The molecule has 4 aromatic rings. The molecular formula is C25H27N5O2S. The van der Waals surface area contributed by atoms with Crippen LogP contribution in [0, 0.1) is 0 Å². The van der Waals surface area contributed by atoms with Gasteiger partial charge < -0.3 is 14.4 Å². The molecule has 0 amide bonds. The van der Waals surface area contributed by atoms with E-state index in [1.807, 2.05) is 36.4 Å². The molecule has 6 rings (SSSR count). The first-order chi connectivity index (χ1) is 16.2. The first kappa shape index (κ1) is 20.7. The number of hydrogen-bond donors (Lipinski definition) is 2. The molecule has 0 unspecified atom stereocenters. The molecule has 0 saturated heterocycles. The molecule has 0 atom stereocenters. The van der Waals surface area contributed by atoms with Crippen molar-refractivity contribution in [2.45, 2.75) is 67.8 Å². The summed E-state index contributed by atoms with van der Waals surface area (Å²) in [6.45, 7) is 2.15. The number of nitrogens with one attached hydrogen (secondary N) is 2. The van der Waals surface area contributed by atoms with Gasteiger partial charge in [0.25, 0.3) is 5.56 Å². The molecule has 7 nitrogen and oxygen atoms in total. The summed E-state index contributed by atoms with van der Waals surface area (Å²) in [6, 6.07) is 12.0. The van der Waals surface area contributed by atoms with E-state index in [2.05, 4.69) is 19.9 Å². The minimum Gasteiger partial charge on any atom is -0.453 e. The third-order valence-electron chi connectivity index (χ3n) is 6.74. The monoisotopic (exact) mass is 461 g/mol. The Balaban J connectivity index is 1.12. The predicted octanol–water partition coefficient (Wildman–Crippen LogP) is 5.00. The van der Waals surface area contributed by atoms with Crippen LogP contribution in [0.15, 0.2) is 55.9 Å². The number of aromatic amines is 2. The molecule has 1 aliphatic carbocycles. The number of H-pyrrole nitrogens is 2. The summed E-state index contributed by atoms with van der Waals surface area (Å²) in [7, 11) is 0. The standard InChI is InChI=1S/C25H27N5O2S/c31-24-18-15-30(13-12-19(18)26-23(29-24)16-6-2-1-3-7-16)14-17-10-11-22(32-17)33-25-27-20-8-4-5-9-21(20)28-25/h4-5,8-11,16H,1-3,6-7,12-15H2,(H,27,28)(H,26,29,31). The molecule has 170 valence electrons. The summed E-state index contributed by atoms with van der Waals surface area (Å²) in [5.41, 5.74) is 3.79. The lowest BCUT2D eigenvalue weighted by Crippen LogP contribution is -2.36. The fourth-order valence-corrected chi connectivity index (χ4v) is 5.78. The summed E-state index contributed by atoms with van der Waals surface area (Å²) in [6.07, 6.45) is 6.85. The predicted molar refractivity (Wildman–Crippen MR) is 127 cm³/mol. The van der Waals surface area contributed by atoms with Crippen molar-refractivity contribution in [3.8, 4) is 0 Å². The molecule has 0 spiro atoms. The molecular weight excluding hydrogens is 434 g/mol. The van der Waals surface area contributed by atoms with E-state index < -0.39 is 0 Å². The van der Waals surface area contributed by atoms with E-state index in [9.17, 15) is 4.79 Å². The molecule has 1 fully saturated rings. The number of benzene rings is 1. The number of aromatic nitrogens is 4. The topological polar surface area (TPSA) is 90.8 Å². The van der Waals surface area contributed by atoms with Crippen LogP contribution in [0.5, 0.6) is 0 Å². The second kappa shape index (κ2) is 8.83. The number of imidazole rings is 1. The number of fused-ring (bicyclic) bond motifs is 2. The minimum atomic E-state index is 0.0332. The average Bonchev–Trinajstić information content (AvgIpc) is 3.46. The Hall–Kier alpha value is -2.84. The van der Waals surface area contributed by atoms with Crippen molar-refractivity contribution in [3.63, 3.8) is 0 Å². The molecule has 1 aliphatic heterocycles. The third-order valence-corrected chi connectivity index (χ3v) is 7.55. The Kier molecular flexibility index (Phi) is 5.55. The van der Waals surface area contributed by atoms with Gasteiger partial charge in [-0.15, -0.1) is 0 Å². The maximum Gasteiger partial charge on any atom is 0.255 e. The van der Waals surface area contributed by atoms with E-state index in [0.717, 1.165) is 69.9 Å². The van der Waals surface area contributed by atoms with Gasteiger partial charge in [0.15, 0.2) is 10.2 Å². The normalized spacial score (nSPS) is 17.5. The van der Waals surface area contributed by atoms with Crippen LogP contribution in [-0.2, 0) is 19.5 Å². The molecule has 0 bridgehead atoms. The van der Waals surface area contributed by atoms with Crippen LogP contribution in [-0.4, -0.2) is 31.4 Å². The Morgan fingerprint density at radius 3 is 2.82 bits per heavy atom. The summed E-state index contributed by atoms with van der Waals surface area (Å²) in [5, 5.41) is 1.62. The van der Waals surface area contributed by atoms with Crippen LogP contribution in [0.25, 0.3) is 11.0 Å². The molecule has 0 radical (unpaired) electrons. The summed E-state index contributed by atoms with van der Waals surface area (Å²) >= 11 is 1.49. The van der Waals surface area contributed by atoms with Gasteiger partial charge in [-0.2, -0.15) is 0 Å². The Bertz CT molecular complexity index is 1300. The van der Waals surface area contributed by atoms with Gasteiger partial charge in [-0.3, -0.25) is 9.69 Å². The Morgan fingerprint density at radius 1 is 1.06 bits per heavy atom. The molecule has 4 heterocycles. The molecule has 33 heavy (non-hydrogen) atoms. The second-order valence-electron chi connectivity index (χ2n) is 9.05. The number of nitrogens with zero attached hydrogens (tertiary/aromatic N) is 3. The molecule has 8 heteroatoms. The lowest BCUT2D eigenvalue weighted by molar-refractivity contribution is 0.216. The lowest BCUT2D eigenvalue weighted by Gasteiger charge is -2.28. The minimum absolute atomic E-state index is 0.0332. The van der Waals surface area contributed by atoms with Crippen LogP contribution < -0.4 is 5.56 Å². The number of rotatable bonds is 5. The fraction of sp³-hybridized carbons (Fsp3) is 0.400. The molecule has 1 aromatic carbocycles. The average molecular weight is 462 g/mol. The van der Waals surface area contributed by atoms with Crippen molar-refractivity contribution in [1.29, 1.82) is 0 Å². The van der Waals surface area contributed by atoms with Gasteiger partial charge >= 0.3 is 0 Å². The van der Waals surface area contributed by atoms with Gasteiger partial charge in [-0.25, -0.2) is 9.97 Å². The molecule has 3 aromatic heterocycles. The smallest absolute Gasteiger partial charge is 0.255 e. The highest BCUT2D eigenvalue weighted by Gasteiger charge is 2.25. The van der Waals surface area contributed by atoms with Crippen molar-refractivity contribution in [1.82, 2.24) is 24.8 Å². The van der Waals surface area contributed by atoms with Crippen molar-refractivity contribution in [3.05, 3.63) is 69.6 Å².